The first-order valence-electron chi connectivity index (χ1n) is 9.27. The molecule has 1 saturated heterocycles. The van der Waals surface area contributed by atoms with Gasteiger partial charge in [-0.25, -0.2) is 0 Å². The molecule has 0 bridgehead atoms. The number of carbonyl (C=O) groups is 2. The number of nitrogens with one attached hydrogen (secondary N) is 3. The van der Waals surface area contributed by atoms with Crippen molar-refractivity contribution in [2.24, 2.45) is 0 Å². The van der Waals surface area contributed by atoms with Gasteiger partial charge < -0.3 is 25.0 Å². The zero-order chi connectivity index (χ0) is 20.4. The van der Waals surface area contributed by atoms with Crippen molar-refractivity contribution in [3.8, 4) is 5.75 Å². The summed E-state index contributed by atoms with van der Waals surface area (Å²) >= 11 is 0. The zero-order valence-corrected chi connectivity index (χ0v) is 15.9. The summed E-state index contributed by atoms with van der Waals surface area (Å²) < 4.78 is 10.4. The van der Waals surface area contributed by atoms with Crippen LogP contribution in [-0.2, 0) is 14.3 Å². The second-order valence-electron chi connectivity index (χ2n) is 6.77. The monoisotopic (exact) mass is 399 g/mol. The molecule has 4 rings (SSSR count). The number of H-pyrrole nitrogens is 1. The van der Waals surface area contributed by atoms with Crippen LogP contribution in [0, 0.1) is 0 Å². The SMILES string of the molecule is COc1ccc(NC(=O)[C@@H]2CC(=O)Nc3nc(N4CCOCC4)[nH]c(=O)c32)cc1. The first kappa shape index (κ1) is 18.9. The molecule has 0 aliphatic carbocycles. The Labute approximate surface area is 166 Å². The number of methoxy groups -OCH3 is 1. The van der Waals surface area contributed by atoms with Crippen molar-refractivity contribution < 1.29 is 19.1 Å². The highest BCUT2D eigenvalue weighted by atomic mass is 16.5. The highest BCUT2D eigenvalue weighted by Crippen LogP contribution is 2.30. The van der Waals surface area contributed by atoms with Gasteiger partial charge >= 0.3 is 0 Å². The number of anilines is 3. The van der Waals surface area contributed by atoms with Gasteiger partial charge in [0.2, 0.25) is 17.8 Å². The van der Waals surface area contributed by atoms with Gasteiger partial charge in [0.15, 0.2) is 0 Å². The number of fused-ring (bicyclic) bond motifs is 1. The number of amides is 2. The Hall–Kier alpha value is -3.40. The summed E-state index contributed by atoms with van der Waals surface area (Å²) in [6.07, 6.45) is -0.128. The van der Waals surface area contributed by atoms with E-state index in [4.69, 9.17) is 9.47 Å². The molecule has 0 radical (unpaired) electrons. The van der Waals surface area contributed by atoms with E-state index in [0.29, 0.717) is 43.7 Å². The molecule has 29 heavy (non-hydrogen) atoms. The number of ether oxygens (including phenoxy) is 2. The average molecular weight is 399 g/mol. The first-order valence-corrected chi connectivity index (χ1v) is 9.27. The van der Waals surface area contributed by atoms with Gasteiger partial charge in [-0.15, -0.1) is 0 Å². The molecule has 0 unspecified atom stereocenters. The Morgan fingerprint density at radius 1 is 1.24 bits per heavy atom. The lowest BCUT2D eigenvalue weighted by Gasteiger charge is -2.29. The summed E-state index contributed by atoms with van der Waals surface area (Å²) in [5.41, 5.74) is 0.261. The third-order valence-electron chi connectivity index (χ3n) is 4.92. The van der Waals surface area contributed by atoms with Gasteiger partial charge in [-0.1, -0.05) is 0 Å². The number of hydrogen-bond donors (Lipinski definition) is 3. The van der Waals surface area contributed by atoms with E-state index in [1.807, 2.05) is 4.90 Å². The van der Waals surface area contributed by atoms with Crippen LogP contribution in [0.15, 0.2) is 29.1 Å². The molecule has 1 fully saturated rings. The number of rotatable bonds is 4. The number of hydrogen-bond acceptors (Lipinski definition) is 7. The molecule has 1 aromatic heterocycles. The topological polar surface area (TPSA) is 126 Å². The fourth-order valence-corrected chi connectivity index (χ4v) is 3.41. The molecule has 2 aromatic rings. The van der Waals surface area contributed by atoms with Gasteiger partial charge in [-0.3, -0.25) is 19.4 Å². The normalized spacial score (nSPS) is 18.6. The lowest BCUT2D eigenvalue weighted by molar-refractivity contribution is -0.123. The standard InChI is InChI=1S/C19H21N5O5/c1-28-12-4-2-11(3-5-12)20-17(26)13-10-14(25)21-16-15(13)18(27)23-19(22-16)24-6-8-29-9-7-24/h2-5,13H,6-10H2,1H3,(H,20,26)(H2,21,22,23,25,27)/t13-/m1/s1. The van der Waals surface area contributed by atoms with Crippen LogP contribution in [-0.4, -0.2) is 55.2 Å². The van der Waals surface area contributed by atoms with Gasteiger partial charge in [0.05, 0.1) is 31.8 Å². The number of aromatic nitrogens is 2. The van der Waals surface area contributed by atoms with Gasteiger partial charge in [-0.05, 0) is 24.3 Å². The maximum Gasteiger partial charge on any atom is 0.258 e. The fraction of sp³-hybridized carbons (Fsp3) is 0.368. The molecule has 2 aliphatic heterocycles. The van der Waals surface area contributed by atoms with Crippen molar-refractivity contribution in [3.63, 3.8) is 0 Å². The second-order valence-corrected chi connectivity index (χ2v) is 6.77. The van der Waals surface area contributed by atoms with Gasteiger partial charge in [0, 0.05) is 25.2 Å². The second kappa shape index (κ2) is 7.92. The van der Waals surface area contributed by atoms with Crippen LogP contribution in [0.25, 0.3) is 0 Å². The number of nitrogens with zero attached hydrogens (tertiary/aromatic N) is 2. The van der Waals surface area contributed by atoms with Crippen molar-refractivity contribution in [3.05, 3.63) is 40.2 Å². The molecular weight excluding hydrogens is 378 g/mol. The van der Waals surface area contributed by atoms with E-state index in [0.717, 1.165) is 0 Å². The van der Waals surface area contributed by atoms with Crippen LogP contribution < -0.4 is 25.8 Å². The third kappa shape index (κ3) is 3.92. The molecule has 3 N–H and O–H groups in total. The smallest absolute Gasteiger partial charge is 0.258 e. The summed E-state index contributed by atoms with van der Waals surface area (Å²) in [6, 6.07) is 6.79. The third-order valence-corrected chi connectivity index (χ3v) is 4.92. The van der Waals surface area contributed by atoms with Crippen LogP contribution in [0.5, 0.6) is 5.75 Å². The number of carbonyl (C=O) groups excluding carboxylic acids is 2. The highest BCUT2D eigenvalue weighted by Gasteiger charge is 2.35. The highest BCUT2D eigenvalue weighted by molar-refractivity contribution is 6.04. The summed E-state index contributed by atoms with van der Waals surface area (Å²) in [6.45, 7) is 2.22. The summed E-state index contributed by atoms with van der Waals surface area (Å²) in [4.78, 5) is 46.8. The number of benzene rings is 1. The van der Waals surface area contributed by atoms with Crippen LogP contribution in [0.4, 0.5) is 17.5 Å². The van der Waals surface area contributed by atoms with Crippen molar-refractivity contribution in [1.82, 2.24) is 9.97 Å². The minimum Gasteiger partial charge on any atom is -0.497 e. The first-order chi connectivity index (χ1) is 14.0. The molecule has 152 valence electrons. The summed E-state index contributed by atoms with van der Waals surface area (Å²) in [7, 11) is 1.55. The Bertz CT molecular complexity index is 981. The van der Waals surface area contributed by atoms with E-state index in [9.17, 15) is 14.4 Å². The van der Waals surface area contributed by atoms with Gasteiger partial charge in [0.25, 0.3) is 5.56 Å². The molecule has 1 aromatic carbocycles. The van der Waals surface area contributed by atoms with Crippen molar-refractivity contribution in [1.29, 1.82) is 0 Å². The van der Waals surface area contributed by atoms with E-state index < -0.39 is 17.4 Å². The average Bonchev–Trinajstić information content (AvgIpc) is 2.74. The Morgan fingerprint density at radius 2 is 1.97 bits per heavy atom. The Kier molecular flexibility index (Phi) is 5.17. The van der Waals surface area contributed by atoms with E-state index in [1.165, 1.54) is 0 Å². The van der Waals surface area contributed by atoms with E-state index >= 15 is 0 Å². The molecular formula is C19H21N5O5. The minimum atomic E-state index is -0.934. The Balaban J connectivity index is 1.61. The predicted molar refractivity (Wildman–Crippen MR) is 106 cm³/mol. The van der Waals surface area contributed by atoms with Crippen LogP contribution in [0.2, 0.25) is 0 Å². The number of morpholine rings is 1. The maximum absolute atomic E-state index is 12.8. The van der Waals surface area contributed by atoms with Gasteiger partial charge in [-0.2, -0.15) is 4.98 Å². The number of aromatic amines is 1. The summed E-state index contributed by atoms with van der Waals surface area (Å²) in [5, 5.41) is 5.37. The molecule has 0 saturated carbocycles. The zero-order valence-electron chi connectivity index (χ0n) is 15.9. The molecule has 2 amide bonds. The van der Waals surface area contributed by atoms with Crippen LogP contribution in [0.3, 0.4) is 0 Å². The maximum atomic E-state index is 12.8. The molecule has 10 heteroatoms. The molecule has 10 nitrogen and oxygen atoms in total. The minimum absolute atomic E-state index is 0.126. The van der Waals surface area contributed by atoms with E-state index in [-0.39, 0.29) is 23.7 Å². The molecule has 0 spiro atoms. The molecule has 2 aliphatic rings. The quantitative estimate of drug-likeness (QED) is 0.690. The predicted octanol–water partition coefficient (Wildman–Crippen LogP) is 0.680. The summed E-state index contributed by atoms with van der Waals surface area (Å²) in [5.74, 6) is -0.608. The van der Waals surface area contributed by atoms with Crippen molar-refractivity contribution in [2.45, 2.75) is 12.3 Å². The molecule has 3 heterocycles. The fourth-order valence-electron chi connectivity index (χ4n) is 3.41. The molecule has 1 atom stereocenters. The van der Waals surface area contributed by atoms with Crippen molar-refractivity contribution >= 4 is 29.3 Å². The van der Waals surface area contributed by atoms with Crippen LogP contribution in [0.1, 0.15) is 17.9 Å². The lowest BCUT2D eigenvalue weighted by atomic mass is 9.92. The lowest BCUT2D eigenvalue weighted by Crippen LogP contribution is -2.41. The van der Waals surface area contributed by atoms with E-state index in [2.05, 4.69) is 20.6 Å². The largest absolute Gasteiger partial charge is 0.497 e. The van der Waals surface area contributed by atoms with Gasteiger partial charge in [0.1, 0.15) is 11.6 Å². The van der Waals surface area contributed by atoms with E-state index in [1.54, 1.807) is 31.4 Å². The van der Waals surface area contributed by atoms with Crippen LogP contribution >= 0.6 is 0 Å². The Morgan fingerprint density at radius 3 is 2.66 bits per heavy atom. The van der Waals surface area contributed by atoms with Crippen molar-refractivity contribution in [2.75, 3.05) is 48.9 Å².